The largest absolute Gasteiger partial charge is 0.396 e. The number of hydrogen-bond acceptors (Lipinski definition) is 3. The first kappa shape index (κ1) is 11.7. The monoisotopic (exact) mass is 270 g/mol. The van der Waals surface area contributed by atoms with Gasteiger partial charge in [-0.3, -0.25) is 4.98 Å². The maximum Gasteiger partial charge on any atom is 0.116 e. The SMILES string of the molecule is Nc1cn(-c2ccccc2Cl)nc1-c1ccncc1. The third-order valence-corrected chi connectivity index (χ3v) is 3.12. The minimum atomic E-state index is 0.603. The van der Waals surface area contributed by atoms with Crippen molar-refractivity contribution >= 4 is 17.3 Å². The number of halogens is 1. The van der Waals surface area contributed by atoms with E-state index in [9.17, 15) is 0 Å². The summed E-state index contributed by atoms with van der Waals surface area (Å²) in [5, 5.41) is 5.12. The number of para-hydroxylation sites is 1. The van der Waals surface area contributed by atoms with Crippen LogP contribution in [0.5, 0.6) is 0 Å². The van der Waals surface area contributed by atoms with Crippen molar-refractivity contribution in [3.63, 3.8) is 0 Å². The molecule has 0 fully saturated rings. The molecule has 0 radical (unpaired) electrons. The van der Waals surface area contributed by atoms with E-state index in [1.54, 1.807) is 23.3 Å². The van der Waals surface area contributed by atoms with Gasteiger partial charge in [-0.2, -0.15) is 5.10 Å². The van der Waals surface area contributed by atoms with Crippen LogP contribution in [-0.4, -0.2) is 14.8 Å². The van der Waals surface area contributed by atoms with Crippen molar-refractivity contribution in [2.24, 2.45) is 0 Å². The number of aromatic nitrogens is 3. The number of nitrogens with zero attached hydrogens (tertiary/aromatic N) is 3. The summed E-state index contributed by atoms with van der Waals surface area (Å²) in [6.45, 7) is 0. The Bertz CT molecular complexity index is 706. The fraction of sp³-hybridized carbons (Fsp3) is 0. The summed E-state index contributed by atoms with van der Waals surface area (Å²) in [4.78, 5) is 3.98. The molecule has 3 aromatic rings. The van der Waals surface area contributed by atoms with E-state index in [4.69, 9.17) is 17.3 Å². The van der Waals surface area contributed by atoms with E-state index in [0.29, 0.717) is 10.7 Å². The van der Waals surface area contributed by atoms with Gasteiger partial charge in [0, 0.05) is 18.0 Å². The second-order valence-corrected chi connectivity index (χ2v) is 4.47. The number of anilines is 1. The van der Waals surface area contributed by atoms with E-state index in [2.05, 4.69) is 10.1 Å². The highest BCUT2D eigenvalue weighted by atomic mass is 35.5. The van der Waals surface area contributed by atoms with E-state index >= 15 is 0 Å². The molecule has 0 spiro atoms. The first-order valence-electron chi connectivity index (χ1n) is 5.76. The molecular formula is C14H11ClN4. The topological polar surface area (TPSA) is 56.7 Å². The second-order valence-electron chi connectivity index (χ2n) is 4.06. The van der Waals surface area contributed by atoms with Gasteiger partial charge in [0.15, 0.2) is 0 Å². The van der Waals surface area contributed by atoms with Crippen LogP contribution in [0.4, 0.5) is 5.69 Å². The summed E-state index contributed by atoms with van der Waals surface area (Å²) < 4.78 is 1.69. The molecule has 0 aliphatic carbocycles. The molecule has 0 aliphatic rings. The molecule has 0 unspecified atom stereocenters. The third-order valence-electron chi connectivity index (χ3n) is 2.80. The molecule has 3 rings (SSSR count). The molecule has 2 N–H and O–H groups in total. The standard InChI is InChI=1S/C14H11ClN4/c15-11-3-1-2-4-13(11)19-9-12(16)14(18-19)10-5-7-17-8-6-10/h1-9H,16H2. The van der Waals surface area contributed by atoms with E-state index in [1.807, 2.05) is 36.4 Å². The fourth-order valence-corrected chi connectivity index (χ4v) is 2.10. The quantitative estimate of drug-likeness (QED) is 0.778. The van der Waals surface area contributed by atoms with Crippen LogP contribution in [0, 0.1) is 0 Å². The molecule has 4 nitrogen and oxygen atoms in total. The highest BCUT2D eigenvalue weighted by Gasteiger charge is 2.10. The summed E-state index contributed by atoms with van der Waals surface area (Å²) in [6.07, 6.45) is 5.18. The molecule has 2 aromatic heterocycles. The Kier molecular flexibility index (Phi) is 2.93. The number of rotatable bonds is 2. The zero-order valence-electron chi connectivity index (χ0n) is 9.99. The van der Waals surface area contributed by atoms with Crippen LogP contribution >= 0.6 is 11.6 Å². The molecule has 0 amide bonds. The molecule has 0 saturated heterocycles. The van der Waals surface area contributed by atoms with Gasteiger partial charge in [0.1, 0.15) is 5.69 Å². The van der Waals surface area contributed by atoms with Crippen LogP contribution in [0.2, 0.25) is 5.02 Å². The average molecular weight is 271 g/mol. The van der Waals surface area contributed by atoms with Crippen molar-refractivity contribution in [1.29, 1.82) is 0 Å². The number of pyridine rings is 1. The molecular weight excluding hydrogens is 260 g/mol. The van der Waals surface area contributed by atoms with Crippen molar-refractivity contribution < 1.29 is 0 Å². The third kappa shape index (κ3) is 2.18. The smallest absolute Gasteiger partial charge is 0.116 e. The first-order valence-corrected chi connectivity index (χ1v) is 6.14. The summed E-state index contributed by atoms with van der Waals surface area (Å²) in [7, 11) is 0. The molecule has 0 aliphatic heterocycles. The average Bonchev–Trinajstić information content (AvgIpc) is 2.82. The van der Waals surface area contributed by atoms with Crippen LogP contribution in [0.3, 0.4) is 0 Å². The van der Waals surface area contributed by atoms with Crippen LogP contribution in [0.25, 0.3) is 16.9 Å². The molecule has 1 aromatic carbocycles. The van der Waals surface area contributed by atoms with E-state index in [0.717, 1.165) is 16.9 Å². The van der Waals surface area contributed by atoms with Crippen molar-refractivity contribution in [3.05, 3.63) is 60.0 Å². The van der Waals surface area contributed by atoms with Crippen molar-refractivity contribution in [2.75, 3.05) is 5.73 Å². The number of benzene rings is 1. The Balaban J connectivity index is 2.10. The van der Waals surface area contributed by atoms with Gasteiger partial charge < -0.3 is 5.73 Å². The maximum atomic E-state index is 6.15. The molecule has 94 valence electrons. The van der Waals surface area contributed by atoms with Gasteiger partial charge in [-0.25, -0.2) is 4.68 Å². The lowest BCUT2D eigenvalue weighted by atomic mass is 10.2. The predicted molar refractivity (Wildman–Crippen MR) is 76.2 cm³/mol. The predicted octanol–water partition coefficient (Wildman–Crippen LogP) is 3.17. The van der Waals surface area contributed by atoms with Crippen molar-refractivity contribution in [3.8, 4) is 16.9 Å². The zero-order valence-corrected chi connectivity index (χ0v) is 10.7. The van der Waals surface area contributed by atoms with Crippen LogP contribution in [0.1, 0.15) is 0 Å². The molecule has 19 heavy (non-hydrogen) atoms. The molecule has 0 atom stereocenters. The summed E-state index contributed by atoms with van der Waals surface area (Å²) in [5.74, 6) is 0. The van der Waals surface area contributed by atoms with Gasteiger partial charge >= 0.3 is 0 Å². The van der Waals surface area contributed by atoms with E-state index in [1.165, 1.54) is 0 Å². The lowest BCUT2D eigenvalue weighted by Gasteiger charge is -2.02. The second kappa shape index (κ2) is 4.74. The van der Waals surface area contributed by atoms with Gasteiger partial charge in [0.25, 0.3) is 0 Å². The van der Waals surface area contributed by atoms with E-state index in [-0.39, 0.29) is 0 Å². The van der Waals surface area contributed by atoms with Gasteiger partial charge in [0.2, 0.25) is 0 Å². The molecule has 2 heterocycles. The Morgan fingerprint density at radius 2 is 1.79 bits per heavy atom. The summed E-state index contributed by atoms with van der Waals surface area (Å²) in [5.41, 5.74) is 9.07. The number of nitrogen functional groups attached to an aromatic ring is 1. The lowest BCUT2D eigenvalue weighted by molar-refractivity contribution is 0.884. The van der Waals surface area contributed by atoms with Gasteiger partial charge in [-0.1, -0.05) is 23.7 Å². The van der Waals surface area contributed by atoms with Gasteiger partial charge in [0.05, 0.1) is 22.6 Å². The van der Waals surface area contributed by atoms with Gasteiger partial charge in [-0.15, -0.1) is 0 Å². The zero-order chi connectivity index (χ0) is 13.2. The molecule has 5 heteroatoms. The van der Waals surface area contributed by atoms with Crippen LogP contribution in [-0.2, 0) is 0 Å². The minimum Gasteiger partial charge on any atom is -0.396 e. The Labute approximate surface area is 115 Å². The maximum absolute atomic E-state index is 6.15. The Hall–Kier alpha value is -2.33. The Morgan fingerprint density at radius 1 is 1.05 bits per heavy atom. The van der Waals surface area contributed by atoms with Crippen molar-refractivity contribution in [2.45, 2.75) is 0 Å². The molecule has 0 bridgehead atoms. The van der Waals surface area contributed by atoms with E-state index < -0.39 is 0 Å². The highest BCUT2D eigenvalue weighted by molar-refractivity contribution is 6.32. The van der Waals surface area contributed by atoms with Crippen LogP contribution in [0.15, 0.2) is 55.0 Å². The Morgan fingerprint density at radius 3 is 2.53 bits per heavy atom. The first-order chi connectivity index (χ1) is 9.25. The highest BCUT2D eigenvalue weighted by Crippen LogP contribution is 2.27. The number of nitrogens with two attached hydrogens (primary N) is 1. The summed E-state index contributed by atoms with van der Waals surface area (Å²) >= 11 is 6.15. The summed E-state index contributed by atoms with van der Waals surface area (Å²) in [6, 6.07) is 11.2. The minimum absolute atomic E-state index is 0.603. The number of hydrogen-bond donors (Lipinski definition) is 1. The normalized spacial score (nSPS) is 10.6. The van der Waals surface area contributed by atoms with Crippen molar-refractivity contribution in [1.82, 2.24) is 14.8 Å². The fourth-order valence-electron chi connectivity index (χ4n) is 1.88. The van der Waals surface area contributed by atoms with Crippen LogP contribution < -0.4 is 5.73 Å². The molecule has 0 saturated carbocycles. The lowest BCUT2D eigenvalue weighted by Crippen LogP contribution is -1.95. The van der Waals surface area contributed by atoms with Gasteiger partial charge in [-0.05, 0) is 24.3 Å².